The van der Waals surface area contributed by atoms with E-state index in [9.17, 15) is 14.4 Å². The quantitative estimate of drug-likeness (QED) is 0.0199. The summed E-state index contributed by atoms with van der Waals surface area (Å²) < 4.78 is 16.7. The number of carbonyl (C=O) groups excluding carboxylic acids is 3. The Kier molecular flexibility index (Phi) is 50.2. The van der Waals surface area contributed by atoms with Crippen LogP contribution in [0.25, 0.3) is 0 Å². The molecule has 0 amide bonds. The molecule has 0 saturated heterocycles. The number of allylic oxidation sites excluding steroid dienone is 28. The van der Waals surface area contributed by atoms with Crippen molar-refractivity contribution in [2.24, 2.45) is 0 Å². The molecular weight excluding hydrogens is 841 g/mol. The van der Waals surface area contributed by atoms with E-state index in [-0.39, 0.29) is 38.0 Å². The van der Waals surface area contributed by atoms with Crippen LogP contribution in [0.1, 0.15) is 181 Å². The summed E-state index contributed by atoms with van der Waals surface area (Å²) in [6.45, 7) is 6.24. The average molecular weight is 933 g/mol. The van der Waals surface area contributed by atoms with Gasteiger partial charge in [-0.25, -0.2) is 0 Å². The van der Waals surface area contributed by atoms with Crippen molar-refractivity contribution in [2.45, 2.75) is 187 Å². The number of ether oxygens (including phenoxy) is 3. The summed E-state index contributed by atoms with van der Waals surface area (Å²) in [5, 5.41) is 0. The lowest BCUT2D eigenvalue weighted by molar-refractivity contribution is -0.167. The number of unbranched alkanes of at least 4 members (excludes halogenated alkanes) is 13. The minimum absolute atomic E-state index is 0.137. The van der Waals surface area contributed by atoms with Gasteiger partial charge in [0.05, 0.1) is 0 Å². The van der Waals surface area contributed by atoms with E-state index < -0.39 is 12.1 Å². The van der Waals surface area contributed by atoms with Gasteiger partial charge in [0.15, 0.2) is 6.10 Å². The number of hydrogen-bond donors (Lipinski definition) is 0. The first-order valence-corrected chi connectivity index (χ1v) is 26.3. The molecule has 0 spiro atoms. The Morgan fingerprint density at radius 3 is 1.15 bits per heavy atom. The number of carbonyl (C=O) groups is 3. The fraction of sp³-hybridized carbons (Fsp3) is 0.500. The first-order chi connectivity index (χ1) is 33.5. The number of hydrogen-bond acceptors (Lipinski definition) is 6. The number of rotatable bonds is 44. The lowest BCUT2D eigenvalue weighted by Gasteiger charge is -2.18. The summed E-state index contributed by atoms with van der Waals surface area (Å²) in [5.74, 6) is -1.07. The Labute approximate surface area is 415 Å². The second kappa shape index (κ2) is 54.4. The smallest absolute Gasteiger partial charge is 0.306 e. The van der Waals surface area contributed by atoms with Crippen LogP contribution < -0.4 is 0 Å². The SMILES string of the molecule is CC\C=C/C=C\C=C/C=C\C=C/CCCCCC(=O)OCC(COC(=O)CCCCCCC\C=C/C=C\C=C/C=C\C=C/CCC)OC(=O)CCC/C=C\C/C=C\C/C=C\C/C=C\CCCCC. The zero-order valence-corrected chi connectivity index (χ0v) is 42.8. The van der Waals surface area contributed by atoms with Gasteiger partial charge in [0, 0.05) is 19.3 Å². The van der Waals surface area contributed by atoms with E-state index in [1.54, 1.807) is 0 Å². The molecule has 0 N–H and O–H groups in total. The van der Waals surface area contributed by atoms with Gasteiger partial charge in [0.1, 0.15) is 13.2 Å². The lowest BCUT2D eigenvalue weighted by atomic mass is 10.1. The molecule has 0 rings (SSSR count). The standard InChI is InChI=1S/C62H92O6/c1-4-7-10-13-16-19-22-25-28-30-32-34-37-40-43-46-49-52-55-61(64)67-58-59(57-66-60(63)54-51-48-45-42-39-36-33-27-24-21-18-15-12-9-6-3)68-62(65)56-53-50-47-44-41-38-35-31-29-26-23-20-17-14-11-8-5-2/h9-10,12-13,15-22,24-30,32-36,38-39,44,47,59H,4-8,11,14,23,31,37,40-43,45-46,48-58H2,1-3H3/b12-9-,13-10-,18-15-,19-16-,20-17-,24-21-,25-22-,29-26-,30-28-,33-27-,34-32-,38-35-,39-36-,47-44-. The van der Waals surface area contributed by atoms with Crippen molar-refractivity contribution in [3.8, 4) is 0 Å². The highest BCUT2D eigenvalue weighted by atomic mass is 16.6. The van der Waals surface area contributed by atoms with Gasteiger partial charge in [-0.3, -0.25) is 14.4 Å². The second-order valence-corrected chi connectivity index (χ2v) is 16.6. The maximum atomic E-state index is 12.8. The molecule has 68 heavy (non-hydrogen) atoms. The van der Waals surface area contributed by atoms with Gasteiger partial charge in [-0.1, -0.05) is 236 Å². The van der Waals surface area contributed by atoms with E-state index in [4.69, 9.17) is 14.2 Å². The molecule has 0 aromatic heterocycles. The largest absolute Gasteiger partial charge is 0.462 e. The number of esters is 3. The van der Waals surface area contributed by atoms with E-state index in [1.807, 2.05) is 85.1 Å². The van der Waals surface area contributed by atoms with Gasteiger partial charge in [-0.2, -0.15) is 0 Å². The van der Waals surface area contributed by atoms with Gasteiger partial charge >= 0.3 is 17.9 Å². The summed E-state index contributed by atoms with van der Waals surface area (Å²) in [4.78, 5) is 38.0. The Morgan fingerprint density at radius 2 is 0.676 bits per heavy atom. The first-order valence-electron chi connectivity index (χ1n) is 26.3. The molecule has 0 heterocycles. The molecule has 1 atom stereocenters. The van der Waals surface area contributed by atoms with E-state index in [0.717, 1.165) is 96.3 Å². The summed E-state index contributed by atoms with van der Waals surface area (Å²) in [5.41, 5.74) is 0. The van der Waals surface area contributed by atoms with Crippen molar-refractivity contribution >= 4 is 17.9 Å². The zero-order valence-electron chi connectivity index (χ0n) is 42.8. The van der Waals surface area contributed by atoms with Crippen LogP contribution in [0.2, 0.25) is 0 Å². The average Bonchev–Trinajstić information content (AvgIpc) is 3.34. The van der Waals surface area contributed by atoms with Crippen molar-refractivity contribution in [1.82, 2.24) is 0 Å². The molecule has 0 bridgehead atoms. The molecular formula is C62H92O6. The minimum Gasteiger partial charge on any atom is -0.462 e. The molecule has 0 aromatic rings. The first kappa shape index (κ1) is 62.8. The van der Waals surface area contributed by atoms with Gasteiger partial charge in [-0.15, -0.1) is 0 Å². The van der Waals surface area contributed by atoms with Crippen molar-refractivity contribution in [1.29, 1.82) is 0 Å². The normalized spacial score (nSPS) is 13.5. The third-order valence-electron chi connectivity index (χ3n) is 10.2. The summed E-state index contributed by atoms with van der Waals surface area (Å²) >= 11 is 0. The monoisotopic (exact) mass is 933 g/mol. The Balaban J connectivity index is 4.66. The molecule has 0 aliphatic heterocycles. The molecule has 376 valence electrons. The maximum Gasteiger partial charge on any atom is 0.306 e. The maximum absolute atomic E-state index is 12.8. The molecule has 0 aliphatic rings. The molecule has 6 nitrogen and oxygen atoms in total. The Hall–Kier alpha value is -5.23. The van der Waals surface area contributed by atoms with Crippen molar-refractivity contribution < 1.29 is 28.6 Å². The highest BCUT2D eigenvalue weighted by molar-refractivity contribution is 5.71. The van der Waals surface area contributed by atoms with Crippen LogP contribution in [-0.2, 0) is 28.6 Å². The highest BCUT2D eigenvalue weighted by Gasteiger charge is 2.19. The van der Waals surface area contributed by atoms with E-state index >= 15 is 0 Å². The third-order valence-corrected chi connectivity index (χ3v) is 10.2. The van der Waals surface area contributed by atoms with Crippen LogP contribution in [0.4, 0.5) is 0 Å². The molecule has 0 saturated carbocycles. The fourth-order valence-corrected chi connectivity index (χ4v) is 6.25. The zero-order chi connectivity index (χ0) is 49.3. The van der Waals surface area contributed by atoms with Crippen molar-refractivity contribution in [2.75, 3.05) is 13.2 Å². The van der Waals surface area contributed by atoms with Gasteiger partial charge in [0.25, 0.3) is 0 Å². The van der Waals surface area contributed by atoms with Crippen molar-refractivity contribution in [3.05, 3.63) is 170 Å². The van der Waals surface area contributed by atoms with Gasteiger partial charge in [0.2, 0.25) is 0 Å². The molecule has 0 aliphatic carbocycles. The summed E-state index contributed by atoms with van der Waals surface area (Å²) in [6.07, 6.45) is 80.4. The molecule has 1 unspecified atom stereocenters. The lowest BCUT2D eigenvalue weighted by Crippen LogP contribution is -2.30. The molecule has 0 radical (unpaired) electrons. The van der Waals surface area contributed by atoms with Crippen LogP contribution in [0.15, 0.2) is 170 Å². The predicted molar refractivity (Wildman–Crippen MR) is 292 cm³/mol. The van der Waals surface area contributed by atoms with E-state index in [0.29, 0.717) is 19.3 Å². The van der Waals surface area contributed by atoms with Crippen LogP contribution in [-0.4, -0.2) is 37.2 Å². The summed E-state index contributed by atoms with van der Waals surface area (Å²) in [7, 11) is 0. The van der Waals surface area contributed by atoms with Crippen LogP contribution in [0.3, 0.4) is 0 Å². The van der Waals surface area contributed by atoms with Gasteiger partial charge < -0.3 is 14.2 Å². The van der Waals surface area contributed by atoms with Crippen LogP contribution in [0, 0.1) is 0 Å². The van der Waals surface area contributed by atoms with Crippen LogP contribution >= 0.6 is 0 Å². The Morgan fingerprint density at radius 1 is 0.324 bits per heavy atom. The van der Waals surface area contributed by atoms with E-state index in [1.165, 1.54) is 32.1 Å². The fourth-order valence-electron chi connectivity index (χ4n) is 6.25. The minimum atomic E-state index is -0.845. The summed E-state index contributed by atoms with van der Waals surface area (Å²) in [6, 6.07) is 0. The second-order valence-electron chi connectivity index (χ2n) is 16.6. The third kappa shape index (κ3) is 51.7. The molecule has 0 aromatic carbocycles. The predicted octanol–water partition coefficient (Wildman–Crippen LogP) is 17.6. The van der Waals surface area contributed by atoms with E-state index in [2.05, 4.69) is 106 Å². The topological polar surface area (TPSA) is 78.9 Å². The highest BCUT2D eigenvalue weighted by Crippen LogP contribution is 2.11. The Bertz CT molecular complexity index is 1640. The van der Waals surface area contributed by atoms with Crippen molar-refractivity contribution in [3.63, 3.8) is 0 Å². The van der Waals surface area contributed by atoms with Gasteiger partial charge in [-0.05, 0) is 96.3 Å². The molecule has 0 fully saturated rings. The van der Waals surface area contributed by atoms with Crippen LogP contribution in [0.5, 0.6) is 0 Å². The molecule has 6 heteroatoms.